The third kappa shape index (κ3) is 1.16. The van der Waals surface area contributed by atoms with Gasteiger partial charge in [0.15, 0.2) is 0 Å². The Morgan fingerprint density at radius 2 is 2.10 bits per heavy atom. The van der Waals surface area contributed by atoms with Crippen LogP contribution in [0.5, 0.6) is 0 Å². The molecule has 1 aromatic rings. The van der Waals surface area contributed by atoms with Gasteiger partial charge in [0.05, 0.1) is 0 Å². The van der Waals surface area contributed by atoms with E-state index < -0.39 is 0 Å². The normalized spacial score (nSPS) is 14.0. The van der Waals surface area contributed by atoms with Gasteiger partial charge >= 0.3 is 0 Å². The predicted octanol–water partition coefficient (Wildman–Crippen LogP) is 0.972. The zero-order chi connectivity index (χ0) is 6.10. The highest BCUT2D eigenvalue weighted by atomic mass is 32.2. The van der Waals surface area contributed by atoms with Gasteiger partial charge in [0.25, 0.3) is 0 Å². The highest BCUT2D eigenvalue weighted by Gasteiger charge is 2.07. The Bertz CT molecular complexity index is 204. The number of hydrogen-bond donors (Lipinski definition) is 1. The van der Waals surface area contributed by atoms with E-state index in [2.05, 4.69) is 29.0 Å². The SMILES string of the molecule is O.c1ccc2c(c1)CNS2. The Kier molecular flexibility index (Phi) is 2.32. The van der Waals surface area contributed by atoms with Gasteiger partial charge in [-0.25, -0.2) is 0 Å². The number of rotatable bonds is 0. The Morgan fingerprint density at radius 3 is 2.90 bits per heavy atom. The minimum Gasteiger partial charge on any atom is -0.412 e. The van der Waals surface area contributed by atoms with Crippen molar-refractivity contribution in [1.29, 1.82) is 0 Å². The lowest BCUT2D eigenvalue weighted by molar-refractivity contribution is 0.824. The summed E-state index contributed by atoms with van der Waals surface area (Å²) >= 11 is 1.72. The third-order valence-corrected chi connectivity index (χ3v) is 2.32. The minimum atomic E-state index is 0. The van der Waals surface area contributed by atoms with Gasteiger partial charge in [-0.15, -0.1) is 0 Å². The fraction of sp³-hybridized carbons (Fsp3) is 0.143. The van der Waals surface area contributed by atoms with Gasteiger partial charge in [-0.3, -0.25) is 4.72 Å². The van der Waals surface area contributed by atoms with Gasteiger partial charge in [-0.1, -0.05) is 18.2 Å². The van der Waals surface area contributed by atoms with E-state index in [0.717, 1.165) is 6.54 Å². The summed E-state index contributed by atoms with van der Waals surface area (Å²) in [6, 6.07) is 8.44. The second-order valence-corrected chi connectivity index (χ2v) is 2.96. The lowest BCUT2D eigenvalue weighted by atomic mass is 10.2. The Hall–Kier alpha value is -0.510. The van der Waals surface area contributed by atoms with E-state index in [-0.39, 0.29) is 5.48 Å². The van der Waals surface area contributed by atoms with Crippen LogP contribution in [0, 0.1) is 0 Å². The van der Waals surface area contributed by atoms with Crippen molar-refractivity contribution in [1.82, 2.24) is 4.72 Å². The second kappa shape index (κ2) is 3.05. The van der Waals surface area contributed by atoms with E-state index in [1.807, 2.05) is 0 Å². The first-order valence-corrected chi connectivity index (χ1v) is 3.76. The molecule has 0 unspecified atom stereocenters. The third-order valence-electron chi connectivity index (χ3n) is 1.42. The molecule has 0 radical (unpaired) electrons. The maximum atomic E-state index is 3.20. The lowest BCUT2D eigenvalue weighted by Gasteiger charge is -1.90. The van der Waals surface area contributed by atoms with Crippen LogP contribution in [0.15, 0.2) is 29.2 Å². The minimum absolute atomic E-state index is 0. The van der Waals surface area contributed by atoms with Crippen LogP contribution < -0.4 is 4.72 Å². The summed E-state index contributed by atoms with van der Waals surface area (Å²) < 4.78 is 3.20. The van der Waals surface area contributed by atoms with Gasteiger partial charge in [0.1, 0.15) is 0 Å². The zero-order valence-corrected chi connectivity index (χ0v) is 6.24. The topological polar surface area (TPSA) is 43.5 Å². The summed E-state index contributed by atoms with van der Waals surface area (Å²) in [6.07, 6.45) is 0. The van der Waals surface area contributed by atoms with Crippen molar-refractivity contribution in [2.75, 3.05) is 0 Å². The van der Waals surface area contributed by atoms with Crippen LogP contribution in [-0.2, 0) is 6.54 Å². The maximum absolute atomic E-state index is 3.20. The largest absolute Gasteiger partial charge is 0.412 e. The fourth-order valence-electron chi connectivity index (χ4n) is 0.941. The average molecular weight is 155 g/mol. The molecular formula is C7H9NOS. The van der Waals surface area contributed by atoms with Gasteiger partial charge in [0.2, 0.25) is 0 Å². The van der Waals surface area contributed by atoms with Crippen LogP contribution >= 0.6 is 11.9 Å². The summed E-state index contributed by atoms with van der Waals surface area (Å²) in [6.45, 7) is 1.01. The number of fused-ring (bicyclic) bond motifs is 1. The van der Waals surface area contributed by atoms with Crippen LogP contribution in [0.1, 0.15) is 5.56 Å². The molecule has 0 aromatic heterocycles. The molecule has 2 nitrogen and oxygen atoms in total. The molecule has 3 N–H and O–H groups in total. The summed E-state index contributed by atoms with van der Waals surface area (Å²) in [7, 11) is 0. The predicted molar refractivity (Wildman–Crippen MR) is 42.8 cm³/mol. The molecule has 10 heavy (non-hydrogen) atoms. The van der Waals surface area contributed by atoms with Crippen molar-refractivity contribution in [3.8, 4) is 0 Å². The van der Waals surface area contributed by atoms with Gasteiger partial charge in [-0.05, 0) is 23.6 Å². The van der Waals surface area contributed by atoms with Crippen LogP contribution in [0.2, 0.25) is 0 Å². The molecule has 1 aliphatic rings. The van der Waals surface area contributed by atoms with Crippen molar-refractivity contribution >= 4 is 11.9 Å². The first-order chi connectivity index (χ1) is 4.47. The van der Waals surface area contributed by atoms with Crippen molar-refractivity contribution < 1.29 is 5.48 Å². The van der Waals surface area contributed by atoms with Crippen LogP contribution in [0.25, 0.3) is 0 Å². The lowest BCUT2D eigenvalue weighted by Crippen LogP contribution is -1.90. The van der Waals surface area contributed by atoms with E-state index in [9.17, 15) is 0 Å². The fourth-order valence-corrected chi connectivity index (χ4v) is 1.74. The smallest absolute Gasteiger partial charge is 0.0324 e. The molecule has 2 rings (SSSR count). The standard InChI is InChI=1S/C7H7NS.H2O/c1-2-4-7-6(3-1)5-8-9-7;/h1-4,8H,5H2;1H2. The van der Waals surface area contributed by atoms with Gasteiger partial charge < -0.3 is 5.48 Å². The number of hydrogen-bond acceptors (Lipinski definition) is 2. The molecule has 0 spiro atoms. The molecular weight excluding hydrogens is 146 g/mol. The van der Waals surface area contributed by atoms with Crippen molar-refractivity contribution in [3.05, 3.63) is 29.8 Å². The van der Waals surface area contributed by atoms with E-state index >= 15 is 0 Å². The van der Waals surface area contributed by atoms with E-state index in [0.29, 0.717) is 0 Å². The van der Waals surface area contributed by atoms with Crippen LogP contribution in [0.3, 0.4) is 0 Å². The Labute approximate surface area is 64.1 Å². The first kappa shape index (κ1) is 7.60. The molecule has 3 heteroatoms. The molecule has 0 aliphatic carbocycles. The quantitative estimate of drug-likeness (QED) is 0.567. The average Bonchev–Trinajstić information content (AvgIpc) is 2.33. The molecule has 0 bridgehead atoms. The van der Waals surface area contributed by atoms with Crippen molar-refractivity contribution in [2.24, 2.45) is 0 Å². The van der Waals surface area contributed by atoms with E-state index in [1.165, 1.54) is 10.5 Å². The maximum Gasteiger partial charge on any atom is 0.0324 e. The summed E-state index contributed by atoms with van der Waals surface area (Å²) in [4.78, 5) is 1.37. The van der Waals surface area contributed by atoms with Gasteiger partial charge in [-0.2, -0.15) is 0 Å². The molecule has 0 amide bonds. The van der Waals surface area contributed by atoms with E-state index in [1.54, 1.807) is 11.9 Å². The summed E-state index contributed by atoms with van der Waals surface area (Å²) in [5, 5.41) is 0. The number of benzene rings is 1. The molecule has 1 aromatic carbocycles. The molecule has 0 saturated heterocycles. The molecule has 1 heterocycles. The molecule has 1 aliphatic heterocycles. The molecule has 0 atom stereocenters. The van der Waals surface area contributed by atoms with E-state index in [4.69, 9.17) is 0 Å². The Morgan fingerprint density at radius 1 is 1.30 bits per heavy atom. The highest BCUT2D eigenvalue weighted by molar-refractivity contribution is 7.97. The Balaban J connectivity index is 0.000000500. The first-order valence-electron chi connectivity index (χ1n) is 2.94. The summed E-state index contributed by atoms with van der Waals surface area (Å²) in [5.41, 5.74) is 1.42. The molecule has 54 valence electrons. The zero-order valence-electron chi connectivity index (χ0n) is 5.42. The van der Waals surface area contributed by atoms with Crippen molar-refractivity contribution in [3.63, 3.8) is 0 Å². The monoisotopic (exact) mass is 155 g/mol. The summed E-state index contributed by atoms with van der Waals surface area (Å²) in [5.74, 6) is 0. The second-order valence-electron chi connectivity index (χ2n) is 2.03. The van der Waals surface area contributed by atoms with Gasteiger partial charge in [0, 0.05) is 11.4 Å². The molecule has 0 fully saturated rings. The highest BCUT2D eigenvalue weighted by Crippen LogP contribution is 2.25. The van der Waals surface area contributed by atoms with Crippen LogP contribution in [0.4, 0.5) is 0 Å². The van der Waals surface area contributed by atoms with Crippen LogP contribution in [-0.4, -0.2) is 5.48 Å². The van der Waals surface area contributed by atoms with Crippen molar-refractivity contribution in [2.45, 2.75) is 11.4 Å². The number of nitrogens with one attached hydrogen (secondary N) is 1. The molecule has 0 saturated carbocycles.